The molecule has 2 aromatic rings. The number of nitrogens with zero attached hydrogens (tertiary/aromatic N) is 4. The van der Waals surface area contributed by atoms with Crippen molar-refractivity contribution in [2.24, 2.45) is 0 Å². The first kappa shape index (κ1) is 17.1. The first-order valence-corrected chi connectivity index (χ1v) is 9.51. The molecule has 3 rings (SSSR count). The van der Waals surface area contributed by atoms with Crippen LogP contribution >= 0.6 is 11.6 Å². The number of halogens is 1. The molecule has 0 bridgehead atoms. The Hall–Kier alpha value is -1.70. The van der Waals surface area contributed by atoms with Crippen LogP contribution in [0.25, 0.3) is 0 Å². The smallest absolute Gasteiger partial charge is 0.243 e. The minimum Gasteiger partial charge on any atom is -0.352 e. The summed E-state index contributed by atoms with van der Waals surface area (Å²) in [4.78, 5) is 2.33. The monoisotopic (exact) mass is 366 g/mol. The minimum atomic E-state index is -3.49. The first-order chi connectivity index (χ1) is 11.4. The Bertz CT molecular complexity index is 832. The van der Waals surface area contributed by atoms with E-state index in [4.69, 9.17) is 11.6 Å². The van der Waals surface area contributed by atoms with Gasteiger partial charge in [-0.05, 0) is 49.7 Å². The fourth-order valence-electron chi connectivity index (χ4n) is 2.60. The summed E-state index contributed by atoms with van der Waals surface area (Å²) in [5.74, 6) is 0.793. The quantitative estimate of drug-likeness (QED) is 0.833. The van der Waals surface area contributed by atoms with E-state index in [-0.39, 0.29) is 4.90 Å². The van der Waals surface area contributed by atoms with Gasteiger partial charge in [0.05, 0.1) is 10.6 Å². The molecule has 0 atom stereocenters. The van der Waals surface area contributed by atoms with E-state index in [0.717, 1.165) is 17.1 Å². The van der Waals surface area contributed by atoms with Gasteiger partial charge < -0.3 is 4.90 Å². The highest BCUT2D eigenvalue weighted by Gasteiger charge is 2.29. The lowest BCUT2D eigenvalue weighted by Crippen LogP contribution is -2.49. The second-order valence-corrected chi connectivity index (χ2v) is 8.19. The number of sulfonamides is 1. The summed E-state index contributed by atoms with van der Waals surface area (Å²) in [7, 11) is -3.49. The van der Waals surface area contributed by atoms with Crippen molar-refractivity contribution in [1.82, 2.24) is 14.5 Å². The van der Waals surface area contributed by atoms with E-state index in [1.165, 1.54) is 4.31 Å². The molecule has 0 saturated carbocycles. The van der Waals surface area contributed by atoms with Crippen molar-refractivity contribution < 1.29 is 8.42 Å². The van der Waals surface area contributed by atoms with Crippen LogP contribution < -0.4 is 4.90 Å². The summed E-state index contributed by atoms with van der Waals surface area (Å²) in [6, 6.07) is 8.26. The van der Waals surface area contributed by atoms with Crippen molar-refractivity contribution in [3.05, 3.63) is 46.6 Å². The fourth-order valence-corrected chi connectivity index (χ4v) is 4.15. The molecule has 0 unspecified atom stereocenters. The van der Waals surface area contributed by atoms with Crippen molar-refractivity contribution in [2.75, 3.05) is 31.1 Å². The molecule has 0 aliphatic carbocycles. The number of piperazine rings is 1. The zero-order valence-corrected chi connectivity index (χ0v) is 15.2. The van der Waals surface area contributed by atoms with Gasteiger partial charge >= 0.3 is 0 Å². The largest absolute Gasteiger partial charge is 0.352 e. The van der Waals surface area contributed by atoms with Crippen LogP contribution in [0.1, 0.15) is 11.3 Å². The van der Waals surface area contributed by atoms with E-state index in [1.54, 1.807) is 24.3 Å². The lowest BCUT2D eigenvalue weighted by molar-refractivity contribution is 0.383. The summed E-state index contributed by atoms with van der Waals surface area (Å²) in [5, 5.41) is 8.87. The molecule has 24 heavy (non-hydrogen) atoms. The maximum atomic E-state index is 12.7. The second-order valence-electron chi connectivity index (χ2n) is 5.82. The molecule has 0 N–H and O–H groups in total. The third-order valence-electron chi connectivity index (χ3n) is 4.23. The predicted molar refractivity (Wildman–Crippen MR) is 93.9 cm³/mol. The zero-order chi connectivity index (χ0) is 17.3. The van der Waals surface area contributed by atoms with E-state index in [1.807, 2.05) is 19.9 Å². The van der Waals surface area contributed by atoms with E-state index in [9.17, 15) is 8.42 Å². The maximum absolute atomic E-state index is 12.7. The number of rotatable bonds is 3. The van der Waals surface area contributed by atoms with Crippen LogP contribution in [0.15, 0.2) is 35.2 Å². The first-order valence-electron chi connectivity index (χ1n) is 7.69. The maximum Gasteiger partial charge on any atom is 0.243 e. The zero-order valence-electron chi connectivity index (χ0n) is 13.6. The van der Waals surface area contributed by atoms with Crippen LogP contribution in [0.2, 0.25) is 5.02 Å². The van der Waals surface area contributed by atoms with Gasteiger partial charge in [-0.15, -0.1) is 5.10 Å². The van der Waals surface area contributed by atoms with Gasteiger partial charge in [0.2, 0.25) is 10.0 Å². The van der Waals surface area contributed by atoms with Gasteiger partial charge in [-0.1, -0.05) is 11.6 Å². The Balaban J connectivity index is 1.72. The van der Waals surface area contributed by atoms with Crippen LogP contribution in [0.5, 0.6) is 0 Å². The van der Waals surface area contributed by atoms with Crippen LogP contribution in [-0.2, 0) is 10.0 Å². The molecule has 1 aromatic heterocycles. The van der Waals surface area contributed by atoms with E-state index >= 15 is 0 Å². The molecule has 8 heteroatoms. The Morgan fingerprint density at radius 1 is 1.00 bits per heavy atom. The summed E-state index contributed by atoms with van der Waals surface area (Å²) in [6.45, 7) is 5.92. The second kappa shape index (κ2) is 6.66. The lowest BCUT2D eigenvalue weighted by Gasteiger charge is -2.34. The van der Waals surface area contributed by atoms with E-state index in [0.29, 0.717) is 31.2 Å². The van der Waals surface area contributed by atoms with E-state index < -0.39 is 10.0 Å². The van der Waals surface area contributed by atoms with Gasteiger partial charge in [-0.2, -0.15) is 9.40 Å². The molecular weight excluding hydrogens is 348 g/mol. The Labute approximate surface area is 147 Å². The van der Waals surface area contributed by atoms with Crippen molar-refractivity contribution in [2.45, 2.75) is 18.7 Å². The Morgan fingerprint density at radius 3 is 2.21 bits per heavy atom. The molecule has 2 heterocycles. The highest BCUT2D eigenvalue weighted by molar-refractivity contribution is 7.89. The third kappa shape index (κ3) is 3.38. The average molecular weight is 367 g/mol. The van der Waals surface area contributed by atoms with Crippen molar-refractivity contribution in [3.63, 3.8) is 0 Å². The number of benzene rings is 1. The van der Waals surface area contributed by atoms with Crippen molar-refractivity contribution in [1.29, 1.82) is 0 Å². The molecule has 1 aliphatic heterocycles. The van der Waals surface area contributed by atoms with Crippen LogP contribution in [-0.4, -0.2) is 49.1 Å². The topological polar surface area (TPSA) is 66.4 Å². The highest BCUT2D eigenvalue weighted by Crippen LogP contribution is 2.22. The molecule has 0 radical (unpaired) electrons. The molecule has 1 aromatic carbocycles. The molecule has 0 spiro atoms. The summed E-state index contributed by atoms with van der Waals surface area (Å²) in [6.07, 6.45) is 0. The van der Waals surface area contributed by atoms with Gasteiger partial charge in [0, 0.05) is 31.2 Å². The van der Waals surface area contributed by atoms with Crippen LogP contribution in [0.4, 0.5) is 5.82 Å². The molecule has 1 aliphatic rings. The third-order valence-corrected chi connectivity index (χ3v) is 6.40. The van der Waals surface area contributed by atoms with Crippen LogP contribution in [0, 0.1) is 13.8 Å². The summed E-state index contributed by atoms with van der Waals surface area (Å²) in [5.41, 5.74) is 1.99. The number of hydrogen-bond acceptors (Lipinski definition) is 5. The lowest BCUT2D eigenvalue weighted by atomic mass is 10.2. The van der Waals surface area contributed by atoms with Crippen molar-refractivity contribution in [3.8, 4) is 0 Å². The van der Waals surface area contributed by atoms with Gasteiger partial charge in [0.25, 0.3) is 0 Å². The van der Waals surface area contributed by atoms with E-state index in [2.05, 4.69) is 15.1 Å². The molecule has 6 nitrogen and oxygen atoms in total. The average Bonchev–Trinajstić information content (AvgIpc) is 2.58. The van der Waals surface area contributed by atoms with Gasteiger partial charge in [-0.3, -0.25) is 0 Å². The predicted octanol–water partition coefficient (Wildman–Crippen LogP) is 2.26. The molecule has 1 saturated heterocycles. The molecular formula is C16H19ClN4O2S. The number of aromatic nitrogens is 2. The minimum absolute atomic E-state index is 0.270. The summed E-state index contributed by atoms with van der Waals surface area (Å²) >= 11 is 5.83. The molecule has 1 fully saturated rings. The summed E-state index contributed by atoms with van der Waals surface area (Å²) < 4.78 is 26.9. The standard InChI is InChI=1S/C16H19ClN4O2S/c1-12-11-16(19-18-13(12)2)20-7-9-21(10-8-20)24(22,23)15-5-3-14(17)4-6-15/h3-6,11H,7-10H2,1-2H3. The van der Waals surface area contributed by atoms with Crippen molar-refractivity contribution >= 4 is 27.4 Å². The van der Waals surface area contributed by atoms with Gasteiger partial charge in [0.15, 0.2) is 5.82 Å². The highest BCUT2D eigenvalue weighted by atomic mass is 35.5. The Morgan fingerprint density at radius 2 is 1.62 bits per heavy atom. The molecule has 0 amide bonds. The number of hydrogen-bond donors (Lipinski definition) is 0. The Kier molecular flexibility index (Phi) is 4.76. The number of anilines is 1. The van der Waals surface area contributed by atoms with Gasteiger partial charge in [-0.25, -0.2) is 8.42 Å². The SMILES string of the molecule is Cc1cc(N2CCN(S(=O)(=O)c3ccc(Cl)cc3)CC2)nnc1C. The molecule has 128 valence electrons. The van der Waals surface area contributed by atoms with Crippen LogP contribution in [0.3, 0.4) is 0 Å². The fraction of sp³-hybridized carbons (Fsp3) is 0.375. The van der Waals surface area contributed by atoms with Gasteiger partial charge in [0.1, 0.15) is 0 Å². The normalized spacial score (nSPS) is 16.4. The number of aryl methyl sites for hydroxylation is 2.